The van der Waals surface area contributed by atoms with Gasteiger partial charge in [0, 0.05) is 17.3 Å². The molecule has 0 spiro atoms. The standard InChI is InChI=1S/C19H19ClN2O2/c1-13-3-2-4-14(11-13)12-21-17(23)19(9-10-19)18(24)22-16-7-5-15(20)6-8-16/h2-8,11H,9-10,12H2,1H3,(H,21,23)(H,22,24). The summed E-state index contributed by atoms with van der Waals surface area (Å²) in [6.45, 7) is 2.43. The highest BCUT2D eigenvalue weighted by atomic mass is 35.5. The zero-order valence-electron chi connectivity index (χ0n) is 13.4. The Labute approximate surface area is 146 Å². The molecule has 124 valence electrons. The minimum absolute atomic E-state index is 0.213. The van der Waals surface area contributed by atoms with Gasteiger partial charge >= 0.3 is 0 Å². The number of hydrogen-bond acceptors (Lipinski definition) is 2. The SMILES string of the molecule is Cc1cccc(CNC(=O)C2(C(=O)Nc3ccc(Cl)cc3)CC2)c1. The fourth-order valence-corrected chi connectivity index (χ4v) is 2.77. The van der Waals surface area contributed by atoms with E-state index in [1.165, 1.54) is 0 Å². The molecule has 1 fully saturated rings. The summed E-state index contributed by atoms with van der Waals surface area (Å²) >= 11 is 5.83. The average Bonchev–Trinajstić information content (AvgIpc) is 3.37. The lowest BCUT2D eigenvalue weighted by Crippen LogP contribution is -2.39. The first-order chi connectivity index (χ1) is 11.5. The number of rotatable bonds is 5. The zero-order valence-corrected chi connectivity index (χ0v) is 14.2. The second kappa shape index (κ2) is 6.65. The summed E-state index contributed by atoms with van der Waals surface area (Å²) in [5, 5.41) is 6.29. The molecule has 0 aliphatic heterocycles. The predicted molar refractivity (Wildman–Crippen MR) is 94.8 cm³/mol. The highest BCUT2D eigenvalue weighted by molar-refractivity contribution is 6.30. The lowest BCUT2D eigenvalue weighted by molar-refractivity contribution is -0.134. The monoisotopic (exact) mass is 342 g/mol. The number of aryl methyl sites for hydroxylation is 1. The number of anilines is 1. The van der Waals surface area contributed by atoms with Crippen LogP contribution in [0.2, 0.25) is 5.02 Å². The number of carbonyl (C=O) groups excluding carboxylic acids is 2. The molecule has 0 unspecified atom stereocenters. The third-order valence-electron chi connectivity index (χ3n) is 4.26. The maximum Gasteiger partial charge on any atom is 0.240 e. The van der Waals surface area contributed by atoms with Crippen molar-refractivity contribution in [3.8, 4) is 0 Å². The molecule has 2 aromatic rings. The molecule has 5 heteroatoms. The second-order valence-corrected chi connectivity index (χ2v) is 6.65. The molecule has 0 radical (unpaired) electrons. The summed E-state index contributed by atoms with van der Waals surface area (Å²) < 4.78 is 0. The quantitative estimate of drug-likeness (QED) is 0.814. The van der Waals surface area contributed by atoms with Gasteiger partial charge in [-0.15, -0.1) is 0 Å². The Hall–Kier alpha value is -2.33. The lowest BCUT2D eigenvalue weighted by Gasteiger charge is -2.15. The molecule has 0 bridgehead atoms. The van der Waals surface area contributed by atoms with Crippen molar-refractivity contribution in [2.24, 2.45) is 5.41 Å². The largest absolute Gasteiger partial charge is 0.351 e. The van der Waals surface area contributed by atoms with Crippen LogP contribution in [0.3, 0.4) is 0 Å². The number of halogens is 1. The van der Waals surface area contributed by atoms with Gasteiger partial charge in [-0.3, -0.25) is 9.59 Å². The fourth-order valence-electron chi connectivity index (χ4n) is 2.64. The Morgan fingerprint density at radius 3 is 2.42 bits per heavy atom. The number of carbonyl (C=O) groups is 2. The molecule has 0 saturated heterocycles. The van der Waals surface area contributed by atoms with Crippen LogP contribution in [0.1, 0.15) is 24.0 Å². The van der Waals surface area contributed by atoms with Crippen LogP contribution in [-0.2, 0) is 16.1 Å². The van der Waals surface area contributed by atoms with E-state index in [4.69, 9.17) is 11.6 Å². The normalized spacial score (nSPS) is 14.8. The van der Waals surface area contributed by atoms with Gasteiger partial charge in [-0.1, -0.05) is 41.4 Å². The van der Waals surface area contributed by atoms with Crippen molar-refractivity contribution in [2.45, 2.75) is 26.3 Å². The van der Waals surface area contributed by atoms with Crippen molar-refractivity contribution < 1.29 is 9.59 Å². The maximum absolute atomic E-state index is 12.5. The molecule has 1 aliphatic rings. The van der Waals surface area contributed by atoms with E-state index in [9.17, 15) is 9.59 Å². The van der Waals surface area contributed by atoms with Crippen molar-refractivity contribution in [1.29, 1.82) is 0 Å². The van der Waals surface area contributed by atoms with Gasteiger partial charge in [0.2, 0.25) is 11.8 Å². The third kappa shape index (κ3) is 3.60. The van der Waals surface area contributed by atoms with Crippen LogP contribution in [0.4, 0.5) is 5.69 Å². The molecule has 2 aromatic carbocycles. The van der Waals surface area contributed by atoms with Crippen LogP contribution in [0.15, 0.2) is 48.5 Å². The number of amides is 2. The van der Waals surface area contributed by atoms with E-state index in [0.717, 1.165) is 11.1 Å². The van der Waals surface area contributed by atoms with E-state index < -0.39 is 5.41 Å². The lowest BCUT2D eigenvalue weighted by atomic mass is 10.0. The summed E-state index contributed by atoms with van der Waals surface area (Å²) in [6, 6.07) is 14.8. The zero-order chi connectivity index (χ0) is 17.2. The first kappa shape index (κ1) is 16.5. The minimum atomic E-state index is -0.941. The van der Waals surface area contributed by atoms with Gasteiger partial charge in [0.05, 0.1) is 0 Å². The summed E-state index contributed by atoms with van der Waals surface area (Å²) in [5.74, 6) is -0.470. The van der Waals surface area contributed by atoms with E-state index in [2.05, 4.69) is 10.6 Å². The van der Waals surface area contributed by atoms with Crippen molar-refractivity contribution in [3.63, 3.8) is 0 Å². The van der Waals surface area contributed by atoms with Crippen LogP contribution < -0.4 is 10.6 Å². The number of nitrogens with one attached hydrogen (secondary N) is 2. The van der Waals surface area contributed by atoms with Gasteiger partial charge in [0.25, 0.3) is 0 Å². The highest BCUT2D eigenvalue weighted by Crippen LogP contribution is 2.46. The van der Waals surface area contributed by atoms with E-state index in [1.807, 2.05) is 31.2 Å². The molecule has 2 N–H and O–H groups in total. The van der Waals surface area contributed by atoms with Crippen LogP contribution in [0, 0.1) is 12.3 Å². The van der Waals surface area contributed by atoms with Gasteiger partial charge in [-0.25, -0.2) is 0 Å². The molecule has 0 atom stereocenters. The van der Waals surface area contributed by atoms with E-state index in [1.54, 1.807) is 24.3 Å². The van der Waals surface area contributed by atoms with Crippen LogP contribution in [0.5, 0.6) is 0 Å². The average molecular weight is 343 g/mol. The van der Waals surface area contributed by atoms with E-state index in [-0.39, 0.29) is 11.8 Å². The van der Waals surface area contributed by atoms with Crippen LogP contribution in [0.25, 0.3) is 0 Å². The van der Waals surface area contributed by atoms with Gasteiger partial charge in [-0.05, 0) is 49.6 Å². The summed E-state index contributed by atoms with van der Waals surface area (Å²) in [7, 11) is 0. The summed E-state index contributed by atoms with van der Waals surface area (Å²) in [5.41, 5.74) is 1.87. The fraction of sp³-hybridized carbons (Fsp3) is 0.263. The van der Waals surface area contributed by atoms with Crippen molar-refractivity contribution in [1.82, 2.24) is 5.32 Å². The molecule has 0 heterocycles. The van der Waals surface area contributed by atoms with Gasteiger partial charge in [0.15, 0.2) is 0 Å². The molecule has 24 heavy (non-hydrogen) atoms. The van der Waals surface area contributed by atoms with Crippen LogP contribution in [-0.4, -0.2) is 11.8 Å². The van der Waals surface area contributed by atoms with Gasteiger partial charge in [-0.2, -0.15) is 0 Å². The highest BCUT2D eigenvalue weighted by Gasteiger charge is 2.56. The Kier molecular flexibility index (Phi) is 4.58. The van der Waals surface area contributed by atoms with Crippen LogP contribution >= 0.6 is 11.6 Å². The van der Waals surface area contributed by atoms with E-state index >= 15 is 0 Å². The Morgan fingerprint density at radius 1 is 1.08 bits per heavy atom. The number of benzene rings is 2. The second-order valence-electron chi connectivity index (χ2n) is 6.21. The molecular weight excluding hydrogens is 324 g/mol. The molecule has 4 nitrogen and oxygen atoms in total. The maximum atomic E-state index is 12.5. The molecular formula is C19H19ClN2O2. The van der Waals surface area contributed by atoms with E-state index in [0.29, 0.717) is 30.1 Å². The third-order valence-corrected chi connectivity index (χ3v) is 4.51. The minimum Gasteiger partial charge on any atom is -0.351 e. The topological polar surface area (TPSA) is 58.2 Å². The summed E-state index contributed by atoms with van der Waals surface area (Å²) in [6.07, 6.45) is 1.15. The van der Waals surface area contributed by atoms with Gasteiger partial charge < -0.3 is 10.6 Å². The molecule has 1 saturated carbocycles. The molecule has 1 aliphatic carbocycles. The molecule has 0 aromatic heterocycles. The van der Waals surface area contributed by atoms with Crippen molar-refractivity contribution in [3.05, 3.63) is 64.7 Å². The van der Waals surface area contributed by atoms with Crippen molar-refractivity contribution in [2.75, 3.05) is 5.32 Å². The Morgan fingerprint density at radius 2 is 1.79 bits per heavy atom. The first-order valence-electron chi connectivity index (χ1n) is 7.90. The molecule has 3 rings (SSSR count). The summed E-state index contributed by atoms with van der Waals surface area (Å²) in [4.78, 5) is 25.0. The predicted octanol–water partition coefficient (Wildman–Crippen LogP) is 3.68. The molecule has 2 amide bonds. The van der Waals surface area contributed by atoms with Crippen molar-refractivity contribution >= 4 is 29.1 Å². The van der Waals surface area contributed by atoms with Gasteiger partial charge in [0.1, 0.15) is 5.41 Å². The first-order valence-corrected chi connectivity index (χ1v) is 8.28. The smallest absolute Gasteiger partial charge is 0.240 e. The Bertz CT molecular complexity index is 767. The Balaban J connectivity index is 1.61. The number of hydrogen-bond donors (Lipinski definition) is 2.